The normalized spacial score (nSPS) is 29.2. The molecule has 2 nitrogen and oxygen atoms in total. The third-order valence-corrected chi connectivity index (χ3v) is 2.75. The summed E-state index contributed by atoms with van der Waals surface area (Å²) in [5.41, 5.74) is 0. The molecular formula is C9H19NOS. The summed E-state index contributed by atoms with van der Waals surface area (Å²) in [6, 6.07) is 0.547. The number of nitrogens with zero attached hydrogens (tertiary/aromatic N) is 1. The maximum absolute atomic E-state index is 5.45. The lowest BCUT2D eigenvalue weighted by molar-refractivity contribution is -0.0270. The first-order chi connectivity index (χ1) is 5.63. The summed E-state index contributed by atoms with van der Waals surface area (Å²) in [6.07, 6.45) is 0. The van der Waals surface area contributed by atoms with Gasteiger partial charge in [-0.05, 0) is 12.8 Å². The van der Waals surface area contributed by atoms with Crippen LogP contribution in [-0.4, -0.2) is 36.1 Å². The van der Waals surface area contributed by atoms with Crippen molar-refractivity contribution in [3.8, 4) is 0 Å². The summed E-state index contributed by atoms with van der Waals surface area (Å²) >= 11 is 4.47. The van der Waals surface area contributed by atoms with Crippen molar-refractivity contribution < 1.29 is 4.74 Å². The second kappa shape index (κ2) is 4.49. The van der Waals surface area contributed by atoms with Gasteiger partial charge >= 0.3 is 0 Å². The number of morpholine rings is 1. The molecule has 1 fully saturated rings. The van der Waals surface area contributed by atoms with E-state index in [9.17, 15) is 0 Å². The summed E-state index contributed by atoms with van der Waals surface area (Å²) in [6.45, 7) is 9.35. The molecule has 1 aliphatic heterocycles. The molecule has 0 N–H and O–H groups in total. The van der Waals surface area contributed by atoms with E-state index in [1.165, 1.54) is 0 Å². The predicted octanol–water partition coefficient (Wildman–Crippen LogP) is 1.62. The van der Waals surface area contributed by atoms with Gasteiger partial charge in [-0.2, -0.15) is 12.6 Å². The van der Waals surface area contributed by atoms with Gasteiger partial charge in [0.2, 0.25) is 0 Å². The Balaban J connectivity index is 2.54. The standard InChI is InChI=1S/C9H19NOS/c1-7(2)9-6-11-5-4-10(9)8(3)12/h7-9,12H,4-6H2,1-3H3. The molecule has 72 valence electrons. The molecule has 0 saturated carbocycles. The first kappa shape index (κ1) is 10.4. The van der Waals surface area contributed by atoms with Crippen molar-refractivity contribution in [1.29, 1.82) is 0 Å². The van der Waals surface area contributed by atoms with Gasteiger partial charge in [-0.1, -0.05) is 13.8 Å². The lowest BCUT2D eigenvalue weighted by atomic mass is 10.0. The van der Waals surface area contributed by atoms with Gasteiger partial charge in [0.05, 0.1) is 18.6 Å². The van der Waals surface area contributed by atoms with E-state index in [0.717, 1.165) is 19.8 Å². The highest BCUT2D eigenvalue weighted by atomic mass is 32.1. The molecule has 2 unspecified atom stereocenters. The van der Waals surface area contributed by atoms with Crippen LogP contribution in [0.4, 0.5) is 0 Å². The molecule has 0 bridgehead atoms. The fraction of sp³-hybridized carbons (Fsp3) is 1.00. The first-order valence-electron chi connectivity index (χ1n) is 4.64. The Labute approximate surface area is 80.7 Å². The van der Waals surface area contributed by atoms with Gasteiger partial charge in [-0.25, -0.2) is 0 Å². The van der Waals surface area contributed by atoms with Crippen LogP contribution in [0.25, 0.3) is 0 Å². The van der Waals surface area contributed by atoms with Gasteiger partial charge in [-0.3, -0.25) is 4.90 Å². The predicted molar refractivity (Wildman–Crippen MR) is 54.6 cm³/mol. The highest BCUT2D eigenvalue weighted by molar-refractivity contribution is 7.80. The van der Waals surface area contributed by atoms with Crippen LogP contribution in [0.1, 0.15) is 20.8 Å². The summed E-state index contributed by atoms with van der Waals surface area (Å²) in [5, 5.41) is 0.348. The monoisotopic (exact) mass is 189 g/mol. The Hall–Kier alpha value is 0.270. The summed E-state index contributed by atoms with van der Waals surface area (Å²) in [7, 11) is 0. The minimum Gasteiger partial charge on any atom is -0.378 e. The van der Waals surface area contributed by atoms with Crippen molar-refractivity contribution in [1.82, 2.24) is 4.90 Å². The smallest absolute Gasteiger partial charge is 0.0625 e. The van der Waals surface area contributed by atoms with Crippen molar-refractivity contribution >= 4 is 12.6 Å². The van der Waals surface area contributed by atoms with Crippen LogP contribution in [0, 0.1) is 5.92 Å². The van der Waals surface area contributed by atoms with Crippen molar-refractivity contribution in [3.05, 3.63) is 0 Å². The van der Waals surface area contributed by atoms with Crippen LogP contribution in [-0.2, 0) is 4.74 Å². The molecule has 1 heterocycles. The molecule has 0 aliphatic carbocycles. The topological polar surface area (TPSA) is 12.5 Å². The van der Waals surface area contributed by atoms with E-state index in [1.54, 1.807) is 0 Å². The molecule has 1 rings (SSSR count). The van der Waals surface area contributed by atoms with Crippen LogP contribution < -0.4 is 0 Å². The molecule has 2 atom stereocenters. The first-order valence-corrected chi connectivity index (χ1v) is 5.16. The van der Waals surface area contributed by atoms with Gasteiger partial charge in [0.15, 0.2) is 0 Å². The van der Waals surface area contributed by atoms with Crippen LogP contribution in [0.15, 0.2) is 0 Å². The van der Waals surface area contributed by atoms with Gasteiger partial charge in [-0.15, -0.1) is 0 Å². The van der Waals surface area contributed by atoms with Crippen molar-refractivity contribution in [2.24, 2.45) is 5.92 Å². The zero-order chi connectivity index (χ0) is 9.14. The van der Waals surface area contributed by atoms with E-state index in [2.05, 4.69) is 38.3 Å². The summed E-state index contributed by atoms with van der Waals surface area (Å²) in [5.74, 6) is 0.653. The van der Waals surface area contributed by atoms with Crippen LogP contribution in [0.2, 0.25) is 0 Å². The molecule has 0 aromatic carbocycles. The van der Waals surface area contributed by atoms with Gasteiger partial charge in [0.25, 0.3) is 0 Å². The molecule has 3 heteroatoms. The van der Waals surface area contributed by atoms with Crippen LogP contribution in [0.3, 0.4) is 0 Å². The number of rotatable bonds is 2. The Kier molecular flexibility index (Phi) is 3.87. The number of thiol groups is 1. The Morgan fingerprint density at radius 1 is 1.42 bits per heavy atom. The van der Waals surface area contributed by atoms with E-state index in [0.29, 0.717) is 17.3 Å². The number of hydrogen-bond donors (Lipinski definition) is 1. The van der Waals surface area contributed by atoms with Crippen molar-refractivity contribution in [2.75, 3.05) is 19.8 Å². The molecule has 0 aromatic rings. The minimum absolute atomic E-state index is 0.348. The molecule has 1 saturated heterocycles. The van der Waals surface area contributed by atoms with Crippen LogP contribution >= 0.6 is 12.6 Å². The second-order valence-corrected chi connectivity index (χ2v) is 4.50. The highest BCUT2D eigenvalue weighted by Gasteiger charge is 2.27. The van der Waals surface area contributed by atoms with Gasteiger partial charge < -0.3 is 4.74 Å². The van der Waals surface area contributed by atoms with Crippen molar-refractivity contribution in [3.63, 3.8) is 0 Å². The lowest BCUT2D eigenvalue weighted by Gasteiger charge is -2.40. The summed E-state index contributed by atoms with van der Waals surface area (Å²) in [4.78, 5) is 2.41. The Bertz CT molecular complexity index is 122. The molecular weight excluding hydrogens is 170 g/mol. The average molecular weight is 189 g/mol. The molecule has 0 radical (unpaired) electrons. The largest absolute Gasteiger partial charge is 0.378 e. The average Bonchev–Trinajstić information content (AvgIpc) is 2.04. The number of ether oxygens (including phenoxy) is 1. The zero-order valence-electron chi connectivity index (χ0n) is 8.16. The van der Waals surface area contributed by atoms with E-state index >= 15 is 0 Å². The van der Waals surface area contributed by atoms with Crippen molar-refractivity contribution in [2.45, 2.75) is 32.2 Å². The molecule has 0 aromatic heterocycles. The fourth-order valence-corrected chi connectivity index (χ4v) is 1.96. The third kappa shape index (κ3) is 2.38. The SMILES string of the molecule is CC(C)C1COCCN1C(C)S. The molecule has 1 aliphatic rings. The lowest BCUT2D eigenvalue weighted by Crippen LogP contribution is -2.50. The van der Waals surface area contributed by atoms with E-state index in [-0.39, 0.29) is 0 Å². The van der Waals surface area contributed by atoms with Gasteiger partial charge in [0, 0.05) is 12.6 Å². The Morgan fingerprint density at radius 2 is 2.08 bits per heavy atom. The minimum atomic E-state index is 0.348. The fourth-order valence-electron chi connectivity index (χ4n) is 1.67. The maximum Gasteiger partial charge on any atom is 0.0625 e. The third-order valence-electron chi connectivity index (χ3n) is 2.46. The van der Waals surface area contributed by atoms with E-state index < -0.39 is 0 Å². The second-order valence-electron chi connectivity index (χ2n) is 3.76. The molecule has 0 amide bonds. The zero-order valence-corrected chi connectivity index (χ0v) is 9.05. The maximum atomic E-state index is 5.45. The number of hydrogen-bond acceptors (Lipinski definition) is 3. The molecule has 12 heavy (non-hydrogen) atoms. The van der Waals surface area contributed by atoms with Crippen LogP contribution in [0.5, 0.6) is 0 Å². The van der Waals surface area contributed by atoms with E-state index in [1.807, 2.05) is 0 Å². The van der Waals surface area contributed by atoms with E-state index in [4.69, 9.17) is 4.74 Å². The van der Waals surface area contributed by atoms with Gasteiger partial charge in [0.1, 0.15) is 0 Å². The summed E-state index contributed by atoms with van der Waals surface area (Å²) < 4.78 is 5.45. The highest BCUT2D eigenvalue weighted by Crippen LogP contribution is 2.19. The molecule has 0 spiro atoms. The quantitative estimate of drug-likeness (QED) is 0.663. The Morgan fingerprint density at radius 3 is 2.50 bits per heavy atom.